The average Bonchev–Trinajstić information content (AvgIpc) is 2.38. The van der Waals surface area contributed by atoms with Crippen LogP contribution >= 0.6 is 0 Å². The minimum absolute atomic E-state index is 0.00434. The Kier molecular flexibility index (Phi) is 3.70. The Bertz CT molecular complexity index is 616. The van der Waals surface area contributed by atoms with Crippen LogP contribution in [0.2, 0.25) is 0 Å². The number of pyridine rings is 1. The molecule has 0 aliphatic heterocycles. The highest BCUT2D eigenvalue weighted by Gasteiger charge is 2.17. The fraction of sp³-hybridized carbons (Fsp3) is 0.267. The molecule has 0 saturated heterocycles. The maximum absolute atomic E-state index is 10.6. The van der Waals surface area contributed by atoms with Gasteiger partial charge in [-0.05, 0) is 23.1 Å². The molecule has 1 heterocycles. The van der Waals surface area contributed by atoms with Gasteiger partial charge in [0.15, 0.2) is 0 Å². The summed E-state index contributed by atoms with van der Waals surface area (Å²) in [6, 6.07) is 11.0. The average molecular weight is 271 g/mol. The lowest BCUT2D eigenvalue weighted by Gasteiger charge is -2.23. The molecule has 1 aromatic heterocycles. The van der Waals surface area contributed by atoms with Gasteiger partial charge in [0.25, 0.3) is 5.69 Å². The van der Waals surface area contributed by atoms with E-state index < -0.39 is 4.92 Å². The Morgan fingerprint density at radius 2 is 1.85 bits per heavy atom. The zero-order valence-corrected chi connectivity index (χ0v) is 11.8. The summed E-state index contributed by atoms with van der Waals surface area (Å²) in [7, 11) is 0. The van der Waals surface area contributed by atoms with Gasteiger partial charge in [0, 0.05) is 11.8 Å². The van der Waals surface area contributed by atoms with Gasteiger partial charge in [-0.15, -0.1) is 0 Å². The molecule has 0 unspecified atom stereocenters. The molecule has 0 spiro atoms. The number of nitro groups is 1. The van der Waals surface area contributed by atoms with Crippen LogP contribution in [0.1, 0.15) is 26.3 Å². The second-order valence-electron chi connectivity index (χ2n) is 5.58. The van der Waals surface area contributed by atoms with Crippen LogP contribution in [0, 0.1) is 10.1 Å². The van der Waals surface area contributed by atoms with Crippen molar-refractivity contribution in [2.75, 3.05) is 5.32 Å². The number of nitrogens with one attached hydrogen (secondary N) is 1. The zero-order chi connectivity index (χ0) is 14.8. The number of nitrogens with zero attached hydrogens (tertiary/aromatic N) is 2. The molecule has 2 rings (SSSR count). The summed E-state index contributed by atoms with van der Waals surface area (Å²) in [5.41, 5.74) is 2.12. The van der Waals surface area contributed by atoms with Crippen molar-refractivity contribution in [1.29, 1.82) is 0 Å². The second-order valence-corrected chi connectivity index (χ2v) is 5.58. The second kappa shape index (κ2) is 5.28. The third kappa shape index (κ3) is 3.12. The number of rotatable bonds is 3. The van der Waals surface area contributed by atoms with Crippen molar-refractivity contribution in [3.05, 3.63) is 58.3 Å². The van der Waals surface area contributed by atoms with Gasteiger partial charge >= 0.3 is 0 Å². The lowest BCUT2D eigenvalue weighted by atomic mass is 9.86. The highest BCUT2D eigenvalue weighted by atomic mass is 16.6. The van der Waals surface area contributed by atoms with E-state index in [1.807, 2.05) is 18.2 Å². The molecule has 20 heavy (non-hydrogen) atoms. The van der Waals surface area contributed by atoms with Crippen molar-refractivity contribution in [2.45, 2.75) is 26.2 Å². The van der Waals surface area contributed by atoms with Crippen LogP contribution < -0.4 is 5.32 Å². The van der Waals surface area contributed by atoms with Gasteiger partial charge in [-0.1, -0.05) is 39.0 Å². The monoisotopic (exact) mass is 271 g/mol. The molecular weight excluding hydrogens is 254 g/mol. The van der Waals surface area contributed by atoms with Gasteiger partial charge in [0.05, 0.1) is 4.92 Å². The Morgan fingerprint density at radius 1 is 1.15 bits per heavy atom. The topological polar surface area (TPSA) is 68.1 Å². The van der Waals surface area contributed by atoms with Crippen LogP contribution in [0.5, 0.6) is 0 Å². The zero-order valence-electron chi connectivity index (χ0n) is 11.8. The van der Waals surface area contributed by atoms with Crippen LogP contribution in [-0.2, 0) is 5.41 Å². The molecule has 0 fully saturated rings. The van der Waals surface area contributed by atoms with Crippen LogP contribution in [0.4, 0.5) is 17.2 Å². The molecule has 0 bridgehead atoms. The molecule has 1 N–H and O–H groups in total. The molecule has 0 amide bonds. The smallest absolute Gasteiger partial charge is 0.287 e. The molecule has 0 saturated carbocycles. The predicted molar refractivity (Wildman–Crippen MR) is 79.3 cm³/mol. The molecule has 1 aromatic carbocycles. The Balaban J connectivity index is 2.28. The largest absolute Gasteiger partial charge is 0.340 e. The van der Waals surface area contributed by atoms with Crippen LogP contribution in [0.3, 0.4) is 0 Å². The van der Waals surface area contributed by atoms with Crippen molar-refractivity contribution in [2.24, 2.45) is 0 Å². The van der Waals surface area contributed by atoms with Gasteiger partial charge < -0.3 is 5.32 Å². The van der Waals surface area contributed by atoms with E-state index in [4.69, 9.17) is 0 Å². The van der Waals surface area contributed by atoms with E-state index >= 15 is 0 Å². The molecule has 0 aliphatic carbocycles. The number of hydrogen-bond donors (Lipinski definition) is 1. The molecule has 0 aliphatic rings. The standard InChI is InChI=1S/C15H17N3O2/c1-15(2,3)12-6-4-5-7-13(12)17-14-9-8-11(10-16-14)18(19)20/h4-10H,1-3H3,(H,16,17). The predicted octanol–water partition coefficient (Wildman–Crippen LogP) is 4.03. The maximum atomic E-state index is 10.6. The van der Waals surface area contributed by atoms with E-state index in [0.717, 1.165) is 5.69 Å². The van der Waals surface area contributed by atoms with Crippen LogP contribution in [0.25, 0.3) is 0 Å². The minimum Gasteiger partial charge on any atom is -0.340 e. The summed E-state index contributed by atoms with van der Waals surface area (Å²) in [5.74, 6) is 0.590. The fourth-order valence-electron chi connectivity index (χ4n) is 1.95. The SMILES string of the molecule is CC(C)(C)c1ccccc1Nc1ccc([N+](=O)[O-])cn1. The minimum atomic E-state index is -0.458. The summed E-state index contributed by atoms with van der Waals surface area (Å²) in [4.78, 5) is 14.2. The first-order valence-corrected chi connectivity index (χ1v) is 6.35. The summed E-state index contributed by atoms with van der Waals surface area (Å²) in [6.45, 7) is 6.41. The number of benzene rings is 1. The summed E-state index contributed by atoms with van der Waals surface area (Å²) >= 11 is 0. The third-order valence-corrected chi connectivity index (χ3v) is 2.96. The molecule has 0 radical (unpaired) electrons. The number of aromatic nitrogens is 1. The molecule has 2 aromatic rings. The molecule has 5 nitrogen and oxygen atoms in total. The number of para-hydroxylation sites is 1. The van der Waals surface area contributed by atoms with Gasteiger partial charge in [-0.2, -0.15) is 0 Å². The van der Waals surface area contributed by atoms with Gasteiger partial charge in [0.1, 0.15) is 12.0 Å². The summed E-state index contributed by atoms with van der Waals surface area (Å²) in [6.07, 6.45) is 1.25. The molecule has 104 valence electrons. The lowest BCUT2D eigenvalue weighted by molar-refractivity contribution is -0.385. The van der Waals surface area contributed by atoms with Crippen molar-refractivity contribution >= 4 is 17.2 Å². The van der Waals surface area contributed by atoms with Gasteiger partial charge in [-0.25, -0.2) is 4.98 Å². The van der Waals surface area contributed by atoms with E-state index in [0.29, 0.717) is 5.82 Å². The highest BCUT2D eigenvalue weighted by Crippen LogP contribution is 2.30. The molecule has 0 atom stereocenters. The quantitative estimate of drug-likeness (QED) is 0.676. The van der Waals surface area contributed by atoms with Crippen molar-refractivity contribution in [1.82, 2.24) is 4.98 Å². The van der Waals surface area contributed by atoms with E-state index in [9.17, 15) is 10.1 Å². The lowest BCUT2D eigenvalue weighted by Crippen LogP contribution is -2.13. The normalized spacial score (nSPS) is 11.2. The van der Waals surface area contributed by atoms with E-state index in [-0.39, 0.29) is 11.1 Å². The Morgan fingerprint density at radius 3 is 2.40 bits per heavy atom. The molecule has 5 heteroatoms. The first-order valence-electron chi connectivity index (χ1n) is 6.35. The van der Waals surface area contributed by atoms with E-state index in [1.54, 1.807) is 6.07 Å². The number of anilines is 2. The first-order chi connectivity index (χ1) is 9.38. The Labute approximate surface area is 117 Å². The van der Waals surface area contributed by atoms with Crippen molar-refractivity contribution < 1.29 is 4.92 Å². The summed E-state index contributed by atoms with van der Waals surface area (Å²) in [5, 5.41) is 13.8. The van der Waals surface area contributed by atoms with Crippen LogP contribution in [0.15, 0.2) is 42.6 Å². The third-order valence-electron chi connectivity index (χ3n) is 2.96. The highest BCUT2D eigenvalue weighted by molar-refractivity contribution is 5.62. The van der Waals surface area contributed by atoms with Gasteiger partial charge in [0.2, 0.25) is 0 Å². The van der Waals surface area contributed by atoms with Crippen LogP contribution in [-0.4, -0.2) is 9.91 Å². The Hall–Kier alpha value is -2.43. The molecular formula is C15H17N3O2. The first kappa shape index (κ1) is 14.0. The van der Waals surface area contributed by atoms with Crippen molar-refractivity contribution in [3.63, 3.8) is 0 Å². The van der Waals surface area contributed by atoms with E-state index in [1.165, 1.54) is 17.8 Å². The van der Waals surface area contributed by atoms with Gasteiger partial charge in [-0.3, -0.25) is 10.1 Å². The van der Waals surface area contributed by atoms with E-state index in [2.05, 4.69) is 37.1 Å². The number of hydrogen-bond acceptors (Lipinski definition) is 4. The fourth-order valence-corrected chi connectivity index (χ4v) is 1.95. The maximum Gasteiger partial charge on any atom is 0.287 e. The van der Waals surface area contributed by atoms with Crippen molar-refractivity contribution in [3.8, 4) is 0 Å². The summed E-state index contributed by atoms with van der Waals surface area (Å²) < 4.78 is 0.